The Morgan fingerprint density at radius 1 is 1.10 bits per heavy atom. The maximum Gasteiger partial charge on any atom is 0.258 e. The minimum absolute atomic E-state index is 0.000533. The molecule has 204 valence electrons. The van der Waals surface area contributed by atoms with Crippen molar-refractivity contribution in [3.8, 4) is 11.5 Å². The van der Waals surface area contributed by atoms with Gasteiger partial charge in [0.2, 0.25) is 0 Å². The molecule has 0 aromatic heterocycles. The van der Waals surface area contributed by atoms with Gasteiger partial charge in [0.1, 0.15) is 18.1 Å². The van der Waals surface area contributed by atoms with E-state index < -0.39 is 0 Å². The van der Waals surface area contributed by atoms with Crippen LogP contribution in [0.25, 0.3) is 22.4 Å². The molecule has 0 saturated carbocycles. The van der Waals surface area contributed by atoms with Crippen LogP contribution in [0.1, 0.15) is 44.1 Å². The number of anilines is 1. The molecule has 2 aliphatic rings. The average molecular weight is 553 g/mol. The fourth-order valence-electron chi connectivity index (χ4n) is 5.94. The number of carbonyl (C=O) groups is 1. The molecule has 40 heavy (non-hydrogen) atoms. The normalized spacial score (nSPS) is 15.9. The van der Waals surface area contributed by atoms with E-state index in [0.717, 1.165) is 57.4 Å². The molecule has 0 fully saturated rings. The van der Waals surface area contributed by atoms with Crippen LogP contribution in [0.4, 0.5) is 5.69 Å². The van der Waals surface area contributed by atoms with Gasteiger partial charge in [0.25, 0.3) is 5.91 Å². The lowest BCUT2D eigenvalue weighted by Gasteiger charge is -2.19. The van der Waals surface area contributed by atoms with E-state index in [1.165, 1.54) is 11.1 Å². The Labute approximate surface area is 240 Å². The Morgan fingerprint density at radius 2 is 1.90 bits per heavy atom. The molecule has 4 aromatic carbocycles. The summed E-state index contributed by atoms with van der Waals surface area (Å²) in [6.07, 6.45) is 3.00. The number of benzene rings is 4. The highest BCUT2D eigenvalue weighted by molar-refractivity contribution is 6.19. The number of hydrogen-bond donors (Lipinski definition) is 1. The molecule has 1 aliphatic carbocycles. The average Bonchev–Trinajstić information content (AvgIpc) is 3.54. The van der Waals surface area contributed by atoms with Crippen molar-refractivity contribution in [3.63, 3.8) is 0 Å². The Kier molecular flexibility index (Phi) is 7.03. The summed E-state index contributed by atoms with van der Waals surface area (Å²) in [6.45, 7) is 4.05. The predicted octanol–water partition coefficient (Wildman–Crippen LogP) is 6.87. The van der Waals surface area contributed by atoms with E-state index in [-0.39, 0.29) is 17.6 Å². The third kappa shape index (κ3) is 4.74. The topological polar surface area (TPSA) is 53.0 Å². The van der Waals surface area contributed by atoms with Crippen molar-refractivity contribution in [1.29, 1.82) is 0 Å². The van der Waals surface area contributed by atoms with Gasteiger partial charge >= 0.3 is 0 Å². The van der Waals surface area contributed by atoms with Gasteiger partial charge in [-0.25, -0.2) is 0 Å². The molecule has 6 heteroatoms. The van der Waals surface area contributed by atoms with Gasteiger partial charge in [-0.3, -0.25) is 4.79 Å². The molecular formula is C34H33ClN2O3. The molecule has 6 rings (SSSR count). The lowest BCUT2D eigenvalue weighted by Crippen LogP contribution is -2.30. The maximum absolute atomic E-state index is 13.9. The fourth-order valence-corrected chi connectivity index (χ4v) is 6.19. The molecule has 0 bridgehead atoms. The highest BCUT2D eigenvalue weighted by Crippen LogP contribution is 2.46. The van der Waals surface area contributed by atoms with E-state index in [1.807, 2.05) is 63.5 Å². The fraction of sp³-hybridized carbons (Fsp3) is 0.265. The number of nitrogens with zero attached hydrogens (tertiary/aromatic N) is 2. The number of halogens is 1. The number of phenols is 1. The second-order valence-electron chi connectivity index (χ2n) is 11.0. The molecule has 0 spiro atoms. The summed E-state index contributed by atoms with van der Waals surface area (Å²) < 4.78 is 5.84. The lowest BCUT2D eigenvalue weighted by atomic mass is 9.92. The van der Waals surface area contributed by atoms with Gasteiger partial charge < -0.3 is 19.6 Å². The Balaban J connectivity index is 1.26. The van der Waals surface area contributed by atoms with Crippen LogP contribution in [0, 0.1) is 6.92 Å². The van der Waals surface area contributed by atoms with Crippen molar-refractivity contribution in [3.05, 3.63) is 100 Å². The summed E-state index contributed by atoms with van der Waals surface area (Å²) in [4.78, 5) is 17.8. The van der Waals surface area contributed by atoms with E-state index >= 15 is 0 Å². The van der Waals surface area contributed by atoms with Crippen molar-refractivity contribution in [2.24, 2.45) is 0 Å². The number of carbonyl (C=O) groups excluding carboxylic acids is 1. The van der Waals surface area contributed by atoms with Gasteiger partial charge in [0.05, 0.1) is 5.69 Å². The number of alkyl halides is 1. The SMILES string of the molecule is Cc1cccc2c(O)cc3c(c12)[C@H](CCl)CN3C(=O)c1ccc2c(c1)C=C(c1ccc(OCCN(C)C)cc1)C2. The van der Waals surface area contributed by atoms with Crippen LogP contribution in [0.2, 0.25) is 0 Å². The van der Waals surface area contributed by atoms with Crippen molar-refractivity contribution in [2.45, 2.75) is 19.3 Å². The molecule has 1 N–H and O–H groups in total. The molecule has 1 heterocycles. The van der Waals surface area contributed by atoms with E-state index in [1.54, 1.807) is 11.0 Å². The number of aromatic hydroxyl groups is 1. The van der Waals surface area contributed by atoms with Crippen molar-refractivity contribution in [1.82, 2.24) is 4.90 Å². The number of allylic oxidation sites excluding steroid dienone is 1. The predicted molar refractivity (Wildman–Crippen MR) is 164 cm³/mol. The maximum atomic E-state index is 13.9. The monoisotopic (exact) mass is 552 g/mol. The first-order valence-electron chi connectivity index (χ1n) is 13.7. The van der Waals surface area contributed by atoms with Gasteiger partial charge in [0.15, 0.2) is 0 Å². The zero-order valence-electron chi connectivity index (χ0n) is 23.1. The minimum Gasteiger partial charge on any atom is -0.507 e. The number of hydrogen-bond acceptors (Lipinski definition) is 4. The molecule has 0 saturated heterocycles. The Bertz CT molecular complexity index is 1640. The van der Waals surface area contributed by atoms with Gasteiger partial charge in [0, 0.05) is 41.9 Å². The highest BCUT2D eigenvalue weighted by Gasteiger charge is 2.35. The quantitative estimate of drug-likeness (QED) is 0.254. The number of rotatable bonds is 7. The summed E-state index contributed by atoms with van der Waals surface area (Å²) >= 11 is 6.42. The van der Waals surface area contributed by atoms with Gasteiger partial charge in [-0.05, 0) is 90.5 Å². The first kappa shape index (κ1) is 26.4. The molecule has 1 amide bonds. The number of ether oxygens (including phenoxy) is 1. The van der Waals surface area contributed by atoms with E-state index in [4.69, 9.17) is 16.3 Å². The third-order valence-electron chi connectivity index (χ3n) is 8.04. The van der Waals surface area contributed by atoms with Crippen LogP contribution in [0.5, 0.6) is 11.5 Å². The first-order chi connectivity index (χ1) is 19.3. The van der Waals surface area contributed by atoms with Gasteiger partial charge in [-0.2, -0.15) is 0 Å². The van der Waals surface area contributed by atoms with E-state index in [9.17, 15) is 9.90 Å². The van der Waals surface area contributed by atoms with Crippen molar-refractivity contribution in [2.75, 3.05) is 44.6 Å². The molecule has 1 aliphatic heterocycles. The Hall–Kier alpha value is -3.80. The van der Waals surface area contributed by atoms with Crippen LogP contribution < -0.4 is 9.64 Å². The zero-order valence-corrected chi connectivity index (χ0v) is 23.8. The summed E-state index contributed by atoms with van der Waals surface area (Å²) in [7, 11) is 4.06. The second-order valence-corrected chi connectivity index (χ2v) is 11.3. The number of fused-ring (bicyclic) bond motifs is 4. The summed E-state index contributed by atoms with van der Waals surface area (Å²) in [5, 5.41) is 12.6. The van der Waals surface area contributed by atoms with Crippen LogP contribution in [0.3, 0.4) is 0 Å². The third-order valence-corrected chi connectivity index (χ3v) is 8.41. The van der Waals surface area contributed by atoms with E-state index in [2.05, 4.69) is 29.2 Å². The lowest BCUT2D eigenvalue weighted by molar-refractivity contribution is 0.0988. The van der Waals surface area contributed by atoms with Crippen LogP contribution >= 0.6 is 11.6 Å². The smallest absolute Gasteiger partial charge is 0.258 e. The van der Waals surface area contributed by atoms with Crippen LogP contribution in [-0.2, 0) is 6.42 Å². The largest absolute Gasteiger partial charge is 0.507 e. The number of amides is 1. The number of aryl methyl sites for hydroxylation is 1. The van der Waals surface area contributed by atoms with Crippen molar-refractivity contribution >= 4 is 45.6 Å². The number of phenolic OH excluding ortho intramolecular Hbond substituents is 1. The summed E-state index contributed by atoms with van der Waals surface area (Å²) in [6, 6.07) is 21.8. The molecular weight excluding hydrogens is 520 g/mol. The van der Waals surface area contributed by atoms with Gasteiger partial charge in [-0.1, -0.05) is 42.5 Å². The minimum atomic E-state index is -0.0786. The molecule has 0 unspecified atom stereocenters. The van der Waals surface area contributed by atoms with Gasteiger partial charge in [-0.15, -0.1) is 11.6 Å². The zero-order chi connectivity index (χ0) is 28.0. The van der Waals surface area contributed by atoms with Crippen molar-refractivity contribution < 1.29 is 14.6 Å². The molecule has 4 aromatic rings. The second kappa shape index (κ2) is 10.6. The van der Waals surface area contributed by atoms with Crippen LogP contribution in [-0.4, -0.2) is 55.6 Å². The molecule has 5 nitrogen and oxygen atoms in total. The Morgan fingerprint density at radius 3 is 2.65 bits per heavy atom. The summed E-state index contributed by atoms with van der Waals surface area (Å²) in [5.74, 6) is 1.37. The number of likely N-dealkylation sites (N-methyl/N-ethyl adjacent to an activating group) is 1. The molecule has 0 radical (unpaired) electrons. The summed E-state index contributed by atoms with van der Waals surface area (Å²) in [5.41, 5.74) is 8.14. The van der Waals surface area contributed by atoms with E-state index in [0.29, 0.717) is 24.6 Å². The first-order valence-corrected chi connectivity index (χ1v) is 14.2. The molecule has 1 atom stereocenters. The standard InChI is InChI=1S/C34H33ClN2O3/c1-21-5-4-6-29-31(38)18-30-33(32(21)29)27(19-35)20-37(30)34(39)24-8-7-23-15-25(17-26(23)16-24)22-9-11-28(12-10-22)40-14-13-36(2)3/h4-12,16-18,27,38H,13-15,19-20H2,1-3H3/t27-/m1/s1. The highest BCUT2D eigenvalue weighted by atomic mass is 35.5. The van der Waals surface area contributed by atoms with Crippen LogP contribution in [0.15, 0.2) is 66.7 Å².